The second-order valence-electron chi connectivity index (χ2n) is 5.49. The third-order valence-electron chi connectivity index (χ3n) is 3.45. The highest BCUT2D eigenvalue weighted by Crippen LogP contribution is 2.31. The standard InChI is InChI=1S/C14H21N5.ClH/c1-8-6-10(3)11(7-9(8)2)19-13(16)17-12(15)18-14(19,4)5;/h6-7H,1-5H3,(H4,15,16,17,18);1H. The smallest absolute Gasteiger partial charge is 0.220 e. The second-order valence-corrected chi connectivity index (χ2v) is 5.49. The number of nitrogens with zero attached hydrogens (tertiary/aromatic N) is 3. The van der Waals surface area contributed by atoms with Crippen molar-refractivity contribution < 1.29 is 0 Å². The summed E-state index contributed by atoms with van der Waals surface area (Å²) < 4.78 is 0. The molecule has 0 unspecified atom stereocenters. The van der Waals surface area contributed by atoms with Gasteiger partial charge in [-0.25, -0.2) is 4.99 Å². The van der Waals surface area contributed by atoms with E-state index in [9.17, 15) is 0 Å². The Hall–Kier alpha value is -1.75. The van der Waals surface area contributed by atoms with Crippen molar-refractivity contribution in [1.29, 1.82) is 0 Å². The summed E-state index contributed by atoms with van der Waals surface area (Å²) in [5, 5.41) is 0. The van der Waals surface area contributed by atoms with Crippen molar-refractivity contribution in [1.82, 2.24) is 0 Å². The molecule has 5 nitrogen and oxygen atoms in total. The monoisotopic (exact) mass is 295 g/mol. The molecule has 0 amide bonds. The number of guanidine groups is 2. The first-order chi connectivity index (χ1) is 8.72. The lowest BCUT2D eigenvalue weighted by Gasteiger charge is -2.39. The largest absolute Gasteiger partial charge is 0.369 e. The lowest BCUT2D eigenvalue weighted by atomic mass is 10.0. The molecule has 0 bridgehead atoms. The van der Waals surface area contributed by atoms with Crippen molar-refractivity contribution in [2.24, 2.45) is 21.5 Å². The molecule has 110 valence electrons. The van der Waals surface area contributed by atoms with Gasteiger partial charge in [-0.1, -0.05) is 6.07 Å². The van der Waals surface area contributed by atoms with Crippen LogP contribution in [0.3, 0.4) is 0 Å². The van der Waals surface area contributed by atoms with E-state index in [0.29, 0.717) is 5.96 Å². The van der Waals surface area contributed by atoms with Crippen molar-refractivity contribution in [3.8, 4) is 0 Å². The number of anilines is 1. The SMILES string of the molecule is Cc1cc(C)c(N2C(N)=NC(N)=NC2(C)C)cc1C.Cl. The molecule has 1 aliphatic rings. The van der Waals surface area contributed by atoms with Crippen LogP contribution in [0.4, 0.5) is 5.69 Å². The van der Waals surface area contributed by atoms with Gasteiger partial charge in [0, 0.05) is 5.69 Å². The minimum atomic E-state index is -0.539. The van der Waals surface area contributed by atoms with Crippen molar-refractivity contribution in [3.05, 3.63) is 28.8 Å². The first-order valence-electron chi connectivity index (χ1n) is 6.30. The number of hydrogen-bond acceptors (Lipinski definition) is 5. The van der Waals surface area contributed by atoms with Crippen LogP contribution in [0.25, 0.3) is 0 Å². The van der Waals surface area contributed by atoms with Gasteiger partial charge < -0.3 is 11.5 Å². The van der Waals surface area contributed by atoms with E-state index in [4.69, 9.17) is 11.5 Å². The van der Waals surface area contributed by atoms with Crippen LogP contribution in [-0.2, 0) is 0 Å². The maximum absolute atomic E-state index is 6.05. The molecular formula is C14H22ClN5. The first kappa shape index (κ1) is 16.3. The Kier molecular flexibility index (Phi) is 4.34. The zero-order chi connectivity index (χ0) is 14.4. The highest BCUT2D eigenvalue weighted by atomic mass is 35.5. The minimum absolute atomic E-state index is 0. The number of aryl methyl sites for hydroxylation is 3. The van der Waals surface area contributed by atoms with Gasteiger partial charge in [-0.15, -0.1) is 12.4 Å². The second kappa shape index (κ2) is 5.32. The van der Waals surface area contributed by atoms with Gasteiger partial charge in [0.2, 0.25) is 11.9 Å². The lowest BCUT2D eigenvalue weighted by Crippen LogP contribution is -2.54. The zero-order valence-electron chi connectivity index (χ0n) is 12.6. The Balaban J connectivity index is 0.00000200. The molecule has 6 heteroatoms. The fraction of sp³-hybridized carbons (Fsp3) is 0.429. The van der Waals surface area contributed by atoms with E-state index in [0.717, 1.165) is 11.3 Å². The highest BCUT2D eigenvalue weighted by molar-refractivity contribution is 6.05. The molecule has 0 atom stereocenters. The number of halogens is 1. The molecule has 1 aromatic rings. The highest BCUT2D eigenvalue weighted by Gasteiger charge is 2.33. The number of rotatable bonds is 1. The van der Waals surface area contributed by atoms with Crippen LogP contribution in [0.5, 0.6) is 0 Å². The topological polar surface area (TPSA) is 80.0 Å². The predicted octanol–water partition coefficient (Wildman–Crippen LogP) is 2.22. The average molecular weight is 296 g/mol. The van der Waals surface area contributed by atoms with E-state index < -0.39 is 5.66 Å². The first-order valence-corrected chi connectivity index (χ1v) is 6.30. The molecule has 2 rings (SSSR count). The number of nitrogens with two attached hydrogens (primary N) is 2. The molecule has 0 spiro atoms. The summed E-state index contributed by atoms with van der Waals surface area (Å²) in [7, 11) is 0. The van der Waals surface area contributed by atoms with E-state index in [2.05, 4.69) is 42.9 Å². The van der Waals surface area contributed by atoms with Gasteiger partial charge in [0.05, 0.1) is 0 Å². The van der Waals surface area contributed by atoms with E-state index in [1.807, 2.05) is 18.7 Å². The van der Waals surface area contributed by atoms with Gasteiger partial charge in [-0.05, 0) is 57.4 Å². The van der Waals surface area contributed by atoms with Gasteiger partial charge in [0.1, 0.15) is 5.66 Å². The average Bonchev–Trinajstić information content (AvgIpc) is 2.22. The molecule has 1 aromatic carbocycles. The number of benzene rings is 1. The Bertz CT molecular complexity index is 589. The van der Waals surface area contributed by atoms with Crippen molar-refractivity contribution in [2.45, 2.75) is 40.3 Å². The fourth-order valence-corrected chi connectivity index (χ4v) is 2.41. The molecule has 0 saturated carbocycles. The van der Waals surface area contributed by atoms with Crippen LogP contribution < -0.4 is 16.4 Å². The molecule has 1 aliphatic heterocycles. The summed E-state index contributed by atoms with van der Waals surface area (Å²) in [6.07, 6.45) is 0. The van der Waals surface area contributed by atoms with Gasteiger partial charge in [0.25, 0.3) is 0 Å². The van der Waals surface area contributed by atoms with Gasteiger partial charge >= 0.3 is 0 Å². The number of hydrogen-bond donors (Lipinski definition) is 2. The van der Waals surface area contributed by atoms with E-state index in [-0.39, 0.29) is 18.4 Å². The van der Waals surface area contributed by atoms with Crippen LogP contribution in [0.1, 0.15) is 30.5 Å². The van der Waals surface area contributed by atoms with Gasteiger partial charge in [-0.3, -0.25) is 4.90 Å². The van der Waals surface area contributed by atoms with E-state index in [1.165, 1.54) is 11.1 Å². The van der Waals surface area contributed by atoms with Crippen LogP contribution in [0.15, 0.2) is 22.1 Å². The lowest BCUT2D eigenvalue weighted by molar-refractivity contribution is 0.533. The molecule has 0 aliphatic carbocycles. The maximum atomic E-state index is 6.05. The Morgan fingerprint density at radius 3 is 2.10 bits per heavy atom. The van der Waals surface area contributed by atoms with Crippen LogP contribution >= 0.6 is 12.4 Å². The molecule has 1 heterocycles. The normalized spacial score (nSPS) is 17.1. The van der Waals surface area contributed by atoms with Crippen LogP contribution in [0.2, 0.25) is 0 Å². The zero-order valence-corrected chi connectivity index (χ0v) is 13.4. The summed E-state index contributed by atoms with van der Waals surface area (Å²) in [5.74, 6) is 0.601. The third-order valence-corrected chi connectivity index (χ3v) is 3.45. The molecular weight excluding hydrogens is 274 g/mol. The third kappa shape index (κ3) is 2.72. The predicted molar refractivity (Wildman–Crippen MR) is 87.7 cm³/mol. The summed E-state index contributed by atoms with van der Waals surface area (Å²) in [4.78, 5) is 10.4. The van der Waals surface area contributed by atoms with Crippen LogP contribution in [0, 0.1) is 20.8 Å². The van der Waals surface area contributed by atoms with E-state index >= 15 is 0 Å². The summed E-state index contributed by atoms with van der Waals surface area (Å²) in [6.45, 7) is 10.2. The molecule has 0 aromatic heterocycles. The fourth-order valence-electron chi connectivity index (χ4n) is 2.41. The number of aliphatic imine (C=N–C) groups is 2. The van der Waals surface area contributed by atoms with Crippen LogP contribution in [-0.4, -0.2) is 17.6 Å². The summed E-state index contributed by atoms with van der Waals surface area (Å²) in [5.41, 5.74) is 15.8. The molecule has 0 saturated heterocycles. The summed E-state index contributed by atoms with van der Waals surface area (Å²) >= 11 is 0. The Morgan fingerprint density at radius 1 is 1.00 bits per heavy atom. The summed E-state index contributed by atoms with van der Waals surface area (Å²) in [6, 6.07) is 4.27. The van der Waals surface area contributed by atoms with Gasteiger partial charge in [-0.2, -0.15) is 4.99 Å². The van der Waals surface area contributed by atoms with Crippen molar-refractivity contribution in [2.75, 3.05) is 4.90 Å². The van der Waals surface area contributed by atoms with Crippen molar-refractivity contribution >= 4 is 30.0 Å². The van der Waals surface area contributed by atoms with Gasteiger partial charge in [0.15, 0.2) is 0 Å². The molecule has 0 fully saturated rings. The Labute approximate surface area is 126 Å². The quantitative estimate of drug-likeness (QED) is 0.833. The molecule has 4 N–H and O–H groups in total. The van der Waals surface area contributed by atoms with Crippen molar-refractivity contribution in [3.63, 3.8) is 0 Å². The molecule has 0 radical (unpaired) electrons. The minimum Gasteiger partial charge on any atom is -0.369 e. The van der Waals surface area contributed by atoms with E-state index in [1.54, 1.807) is 0 Å². The molecule has 20 heavy (non-hydrogen) atoms. The Morgan fingerprint density at radius 2 is 1.55 bits per heavy atom. The maximum Gasteiger partial charge on any atom is 0.220 e.